The van der Waals surface area contributed by atoms with Crippen molar-refractivity contribution in [3.05, 3.63) is 72.1 Å². The Bertz CT molecular complexity index is 1010. The highest BCUT2D eigenvalue weighted by Gasteiger charge is 2.10. The molecule has 0 radical (unpaired) electrons. The largest absolute Gasteiger partial charge is 0.491 e. The minimum absolute atomic E-state index is 0.103. The maximum absolute atomic E-state index is 12.4. The Labute approximate surface area is 171 Å². The van der Waals surface area contributed by atoms with Crippen molar-refractivity contribution in [3.8, 4) is 11.4 Å². The van der Waals surface area contributed by atoms with Gasteiger partial charge < -0.3 is 10.1 Å². The van der Waals surface area contributed by atoms with Gasteiger partial charge in [-0.2, -0.15) is 0 Å². The van der Waals surface area contributed by atoms with Crippen LogP contribution in [0.25, 0.3) is 11.8 Å². The van der Waals surface area contributed by atoms with Crippen molar-refractivity contribution in [2.45, 2.75) is 39.7 Å². The average molecular weight is 390 g/mol. The van der Waals surface area contributed by atoms with E-state index in [1.54, 1.807) is 17.0 Å². The molecular weight excluding hydrogens is 364 g/mol. The molecule has 0 bridgehead atoms. The molecule has 150 valence electrons. The molecule has 1 N–H and O–H groups in total. The number of carbonyl (C=O) groups is 1. The molecular formula is C23H26N4O2. The number of benzene rings is 2. The van der Waals surface area contributed by atoms with Crippen molar-refractivity contribution in [2.24, 2.45) is 0 Å². The Kier molecular flexibility index (Phi) is 6.44. The maximum atomic E-state index is 12.4. The van der Waals surface area contributed by atoms with Crippen molar-refractivity contribution >= 4 is 17.7 Å². The highest BCUT2D eigenvalue weighted by molar-refractivity contribution is 6.02. The summed E-state index contributed by atoms with van der Waals surface area (Å²) in [5.74, 6) is 0.866. The second-order valence-electron chi connectivity index (χ2n) is 7.34. The number of aromatic nitrogens is 3. The third kappa shape index (κ3) is 5.54. The number of nitrogens with one attached hydrogen (secondary N) is 1. The van der Waals surface area contributed by atoms with E-state index in [9.17, 15) is 4.79 Å². The van der Waals surface area contributed by atoms with Crippen LogP contribution in [0, 0.1) is 0 Å². The van der Waals surface area contributed by atoms with Gasteiger partial charge in [-0.1, -0.05) is 37.3 Å². The smallest absolute Gasteiger partial charge is 0.248 e. The molecule has 1 amide bonds. The third-order valence-electron chi connectivity index (χ3n) is 4.18. The number of anilines is 1. The molecule has 0 unspecified atom stereocenters. The summed E-state index contributed by atoms with van der Waals surface area (Å²) < 4.78 is 7.47. The summed E-state index contributed by atoms with van der Waals surface area (Å²) in [7, 11) is 0. The van der Waals surface area contributed by atoms with Gasteiger partial charge >= 0.3 is 0 Å². The highest BCUT2D eigenvalue weighted by atomic mass is 16.5. The van der Waals surface area contributed by atoms with Crippen LogP contribution in [-0.2, 0) is 4.79 Å². The van der Waals surface area contributed by atoms with Crippen LogP contribution in [0.2, 0.25) is 0 Å². The standard InChI is InChI=1S/C23H26N4O2/c1-16(2)22-15-24-26-27(22)20-9-6-8-19(14-20)25-23(28)12-11-18-7-5-10-21(13-18)29-17(3)4/h5-17H,1-4H3,(H,25,28)/b12-11+. The second kappa shape index (κ2) is 9.19. The van der Waals surface area contributed by atoms with Gasteiger partial charge in [-0.05, 0) is 61.7 Å². The topological polar surface area (TPSA) is 69.0 Å². The molecule has 0 aliphatic carbocycles. The molecule has 1 aromatic heterocycles. The van der Waals surface area contributed by atoms with Crippen molar-refractivity contribution in [2.75, 3.05) is 5.32 Å². The molecule has 2 aromatic carbocycles. The Balaban J connectivity index is 1.70. The van der Waals surface area contributed by atoms with E-state index in [2.05, 4.69) is 29.5 Å². The molecule has 29 heavy (non-hydrogen) atoms. The lowest BCUT2D eigenvalue weighted by atomic mass is 10.1. The summed E-state index contributed by atoms with van der Waals surface area (Å²) in [5, 5.41) is 11.1. The number of carbonyl (C=O) groups excluding carboxylic acids is 1. The van der Waals surface area contributed by atoms with Crippen molar-refractivity contribution in [1.82, 2.24) is 15.0 Å². The predicted molar refractivity (Wildman–Crippen MR) is 115 cm³/mol. The fraction of sp³-hybridized carbons (Fsp3) is 0.261. The second-order valence-corrected chi connectivity index (χ2v) is 7.34. The van der Waals surface area contributed by atoms with Gasteiger partial charge in [0, 0.05) is 11.8 Å². The third-order valence-corrected chi connectivity index (χ3v) is 4.18. The van der Waals surface area contributed by atoms with E-state index in [0.29, 0.717) is 11.6 Å². The van der Waals surface area contributed by atoms with Gasteiger partial charge in [0.15, 0.2) is 0 Å². The van der Waals surface area contributed by atoms with Crippen molar-refractivity contribution < 1.29 is 9.53 Å². The molecule has 1 heterocycles. The molecule has 0 aliphatic rings. The van der Waals surface area contributed by atoms with E-state index in [1.807, 2.05) is 62.4 Å². The van der Waals surface area contributed by atoms with E-state index >= 15 is 0 Å². The lowest BCUT2D eigenvalue weighted by molar-refractivity contribution is -0.111. The van der Waals surface area contributed by atoms with Crippen molar-refractivity contribution in [3.63, 3.8) is 0 Å². The first-order valence-electron chi connectivity index (χ1n) is 9.69. The molecule has 6 heteroatoms. The zero-order valence-electron chi connectivity index (χ0n) is 17.2. The number of hydrogen-bond acceptors (Lipinski definition) is 4. The number of amides is 1. The monoisotopic (exact) mass is 390 g/mol. The van der Waals surface area contributed by atoms with Gasteiger partial charge in [-0.25, -0.2) is 4.68 Å². The van der Waals surface area contributed by atoms with E-state index in [4.69, 9.17) is 4.74 Å². The molecule has 0 aliphatic heterocycles. The maximum Gasteiger partial charge on any atom is 0.248 e. The van der Waals surface area contributed by atoms with E-state index in [1.165, 1.54) is 6.08 Å². The van der Waals surface area contributed by atoms with Gasteiger partial charge in [0.1, 0.15) is 5.75 Å². The fourth-order valence-electron chi connectivity index (χ4n) is 2.87. The summed E-state index contributed by atoms with van der Waals surface area (Å²) in [6.07, 6.45) is 5.14. The van der Waals surface area contributed by atoms with Gasteiger partial charge in [0.2, 0.25) is 5.91 Å². The zero-order chi connectivity index (χ0) is 20.8. The summed E-state index contributed by atoms with van der Waals surface area (Å²) in [6, 6.07) is 15.2. The lowest BCUT2D eigenvalue weighted by Crippen LogP contribution is -2.09. The fourth-order valence-corrected chi connectivity index (χ4v) is 2.87. The first-order chi connectivity index (χ1) is 13.9. The van der Waals surface area contributed by atoms with Crippen LogP contribution >= 0.6 is 0 Å². The van der Waals surface area contributed by atoms with Crippen LogP contribution in [0.1, 0.15) is 44.9 Å². The average Bonchev–Trinajstić information content (AvgIpc) is 3.17. The van der Waals surface area contributed by atoms with Gasteiger partial charge in [0.05, 0.1) is 23.7 Å². The number of hydrogen-bond donors (Lipinski definition) is 1. The Morgan fingerprint density at radius 2 is 1.90 bits per heavy atom. The SMILES string of the molecule is CC(C)Oc1cccc(/C=C/C(=O)Nc2cccc(-n3nncc3C(C)C)c2)c1. The van der Waals surface area contributed by atoms with E-state index in [0.717, 1.165) is 22.7 Å². The normalized spacial score (nSPS) is 11.4. The van der Waals surface area contributed by atoms with Crippen LogP contribution in [0.15, 0.2) is 60.8 Å². The van der Waals surface area contributed by atoms with Crippen LogP contribution in [0.5, 0.6) is 5.75 Å². The van der Waals surface area contributed by atoms with Gasteiger partial charge in [0.25, 0.3) is 0 Å². The molecule has 0 atom stereocenters. The predicted octanol–water partition coefficient (Wildman–Crippen LogP) is 4.83. The first-order valence-corrected chi connectivity index (χ1v) is 9.69. The molecule has 3 rings (SSSR count). The van der Waals surface area contributed by atoms with Crippen LogP contribution in [0.3, 0.4) is 0 Å². The number of ether oxygens (including phenoxy) is 1. The number of nitrogens with zero attached hydrogens (tertiary/aromatic N) is 3. The first kappa shape index (κ1) is 20.3. The summed E-state index contributed by atoms with van der Waals surface area (Å²) in [4.78, 5) is 12.4. The molecule has 0 fully saturated rings. The van der Waals surface area contributed by atoms with Crippen molar-refractivity contribution in [1.29, 1.82) is 0 Å². The van der Waals surface area contributed by atoms with Crippen LogP contribution in [0.4, 0.5) is 5.69 Å². The zero-order valence-corrected chi connectivity index (χ0v) is 17.2. The van der Waals surface area contributed by atoms with Gasteiger partial charge in [-0.15, -0.1) is 5.10 Å². The van der Waals surface area contributed by atoms with Crippen LogP contribution < -0.4 is 10.1 Å². The molecule has 6 nitrogen and oxygen atoms in total. The van der Waals surface area contributed by atoms with E-state index in [-0.39, 0.29) is 12.0 Å². The van der Waals surface area contributed by atoms with Gasteiger partial charge in [-0.3, -0.25) is 4.79 Å². The molecule has 0 saturated carbocycles. The summed E-state index contributed by atoms with van der Waals surface area (Å²) in [5.41, 5.74) is 3.46. The number of rotatable bonds is 7. The minimum Gasteiger partial charge on any atom is -0.491 e. The highest BCUT2D eigenvalue weighted by Crippen LogP contribution is 2.20. The summed E-state index contributed by atoms with van der Waals surface area (Å²) >= 11 is 0. The lowest BCUT2D eigenvalue weighted by Gasteiger charge is -2.10. The van der Waals surface area contributed by atoms with Crippen LogP contribution in [-0.4, -0.2) is 27.0 Å². The Hall–Kier alpha value is -3.41. The minimum atomic E-state index is -0.208. The Morgan fingerprint density at radius 1 is 1.10 bits per heavy atom. The quantitative estimate of drug-likeness (QED) is 0.587. The molecule has 3 aromatic rings. The Morgan fingerprint density at radius 3 is 2.66 bits per heavy atom. The summed E-state index contributed by atoms with van der Waals surface area (Å²) in [6.45, 7) is 8.14. The molecule has 0 saturated heterocycles. The van der Waals surface area contributed by atoms with E-state index < -0.39 is 0 Å². The molecule has 0 spiro atoms.